The maximum Gasteiger partial charge on any atom is 0.223 e. The summed E-state index contributed by atoms with van der Waals surface area (Å²) in [6, 6.07) is 7.85. The number of piperidine rings is 1. The lowest BCUT2D eigenvalue weighted by Gasteiger charge is -2.31. The number of hydrogen-bond donors (Lipinski definition) is 1. The third-order valence-corrected chi connectivity index (χ3v) is 5.24. The van der Waals surface area contributed by atoms with Gasteiger partial charge in [-0.1, -0.05) is 34.1 Å². The first-order chi connectivity index (χ1) is 11.7. The number of halogens is 1. The second-order valence-corrected chi connectivity index (χ2v) is 7.01. The molecular formula is C18H22BrN3O2. The minimum absolute atomic E-state index is 0.172. The van der Waals surface area contributed by atoms with Gasteiger partial charge in [0.05, 0.1) is 6.20 Å². The molecule has 1 amide bonds. The smallest absolute Gasteiger partial charge is 0.223 e. The Morgan fingerprint density at radius 2 is 2.08 bits per heavy atom. The van der Waals surface area contributed by atoms with Gasteiger partial charge in [-0.25, -0.2) is 4.98 Å². The SMILES string of the molecule is NCC1CCN(C(=O)CCc2ncc(-c3ccccc3Br)o2)CC1. The first kappa shape index (κ1) is 17.2. The Morgan fingerprint density at radius 3 is 2.79 bits per heavy atom. The van der Waals surface area contributed by atoms with E-state index >= 15 is 0 Å². The molecule has 0 saturated carbocycles. The van der Waals surface area contributed by atoms with Crippen molar-refractivity contribution in [3.8, 4) is 11.3 Å². The molecule has 2 N–H and O–H groups in total. The summed E-state index contributed by atoms with van der Waals surface area (Å²) in [6.07, 6.45) is 4.69. The highest BCUT2D eigenvalue weighted by atomic mass is 79.9. The minimum Gasteiger partial charge on any atom is -0.441 e. The summed E-state index contributed by atoms with van der Waals surface area (Å²) >= 11 is 3.51. The first-order valence-corrected chi connectivity index (χ1v) is 9.14. The Kier molecular flexibility index (Phi) is 5.68. The normalized spacial score (nSPS) is 15.7. The number of carbonyl (C=O) groups excluding carboxylic acids is 1. The number of amides is 1. The van der Waals surface area contributed by atoms with Crippen molar-refractivity contribution in [1.82, 2.24) is 9.88 Å². The summed E-state index contributed by atoms with van der Waals surface area (Å²) in [5.74, 6) is 2.05. The molecule has 0 radical (unpaired) electrons. The molecule has 0 atom stereocenters. The number of oxazole rings is 1. The molecule has 0 spiro atoms. The quantitative estimate of drug-likeness (QED) is 0.848. The first-order valence-electron chi connectivity index (χ1n) is 8.35. The van der Waals surface area contributed by atoms with Crippen molar-refractivity contribution in [2.24, 2.45) is 11.7 Å². The highest BCUT2D eigenvalue weighted by Crippen LogP contribution is 2.28. The Bertz CT molecular complexity index is 693. The van der Waals surface area contributed by atoms with Crippen LogP contribution in [0.4, 0.5) is 0 Å². The highest BCUT2D eigenvalue weighted by molar-refractivity contribution is 9.10. The topological polar surface area (TPSA) is 72.4 Å². The van der Waals surface area contributed by atoms with Crippen LogP contribution >= 0.6 is 15.9 Å². The van der Waals surface area contributed by atoms with Crippen molar-refractivity contribution in [3.05, 3.63) is 40.8 Å². The summed E-state index contributed by atoms with van der Waals surface area (Å²) in [7, 11) is 0. The lowest BCUT2D eigenvalue weighted by Crippen LogP contribution is -2.40. The molecule has 1 aromatic carbocycles. The maximum absolute atomic E-state index is 12.3. The fraction of sp³-hybridized carbons (Fsp3) is 0.444. The number of nitrogens with two attached hydrogens (primary N) is 1. The van der Waals surface area contributed by atoms with Crippen LogP contribution < -0.4 is 5.73 Å². The molecule has 5 nitrogen and oxygen atoms in total. The van der Waals surface area contributed by atoms with E-state index in [1.165, 1.54) is 0 Å². The second-order valence-electron chi connectivity index (χ2n) is 6.16. The fourth-order valence-electron chi connectivity index (χ4n) is 3.00. The van der Waals surface area contributed by atoms with E-state index in [1.54, 1.807) is 6.20 Å². The van der Waals surface area contributed by atoms with E-state index in [0.717, 1.165) is 42.5 Å². The lowest BCUT2D eigenvalue weighted by atomic mass is 9.97. The second kappa shape index (κ2) is 7.94. The van der Waals surface area contributed by atoms with E-state index in [0.29, 0.717) is 30.4 Å². The van der Waals surface area contributed by atoms with Gasteiger partial charge in [0.15, 0.2) is 11.7 Å². The van der Waals surface area contributed by atoms with E-state index in [1.807, 2.05) is 29.2 Å². The number of nitrogens with zero attached hydrogens (tertiary/aromatic N) is 2. The number of hydrogen-bond acceptors (Lipinski definition) is 4. The van der Waals surface area contributed by atoms with E-state index < -0.39 is 0 Å². The van der Waals surface area contributed by atoms with Crippen molar-refractivity contribution in [2.75, 3.05) is 19.6 Å². The van der Waals surface area contributed by atoms with Crippen LogP contribution in [0.1, 0.15) is 25.2 Å². The third kappa shape index (κ3) is 4.05. The van der Waals surface area contributed by atoms with Crippen LogP contribution in [0, 0.1) is 5.92 Å². The van der Waals surface area contributed by atoms with Crippen LogP contribution in [0.2, 0.25) is 0 Å². The Balaban J connectivity index is 1.54. The summed E-state index contributed by atoms with van der Waals surface area (Å²) in [6.45, 7) is 2.35. The van der Waals surface area contributed by atoms with Gasteiger partial charge in [0.25, 0.3) is 0 Å². The van der Waals surface area contributed by atoms with Gasteiger partial charge in [-0.3, -0.25) is 4.79 Å². The van der Waals surface area contributed by atoms with Crippen molar-refractivity contribution in [2.45, 2.75) is 25.7 Å². The molecule has 2 aromatic rings. The van der Waals surface area contributed by atoms with Crippen molar-refractivity contribution >= 4 is 21.8 Å². The molecule has 24 heavy (non-hydrogen) atoms. The molecule has 1 aliphatic heterocycles. The number of aryl methyl sites for hydroxylation is 1. The number of likely N-dealkylation sites (tertiary alicyclic amines) is 1. The average molecular weight is 392 g/mol. The van der Waals surface area contributed by atoms with Gasteiger partial charge in [-0.2, -0.15) is 0 Å². The lowest BCUT2D eigenvalue weighted by molar-refractivity contribution is -0.132. The van der Waals surface area contributed by atoms with E-state index in [-0.39, 0.29) is 5.91 Å². The number of rotatable bonds is 5. The molecule has 1 aromatic heterocycles. The predicted octanol–water partition coefficient (Wildman–Crippen LogP) is 3.23. The van der Waals surface area contributed by atoms with E-state index in [4.69, 9.17) is 10.2 Å². The molecule has 1 fully saturated rings. The molecule has 128 valence electrons. The van der Waals surface area contributed by atoms with Gasteiger partial charge in [-0.15, -0.1) is 0 Å². The molecule has 1 saturated heterocycles. The van der Waals surface area contributed by atoms with Gasteiger partial charge in [0.2, 0.25) is 5.91 Å². The summed E-state index contributed by atoms with van der Waals surface area (Å²) in [4.78, 5) is 18.6. The fourth-order valence-corrected chi connectivity index (χ4v) is 3.48. The van der Waals surface area contributed by atoms with Crippen LogP contribution in [0.3, 0.4) is 0 Å². The number of benzene rings is 1. The van der Waals surface area contributed by atoms with Crippen LogP contribution in [0.15, 0.2) is 39.4 Å². The summed E-state index contributed by atoms with van der Waals surface area (Å²) in [5, 5.41) is 0. The molecule has 0 aliphatic carbocycles. The van der Waals surface area contributed by atoms with Gasteiger partial charge in [0.1, 0.15) is 0 Å². The highest BCUT2D eigenvalue weighted by Gasteiger charge is 2.22. The third-order valence-electron chi connectivity index (χ3n) is 4.55. The van der Waals surface area contributed by atoms with Crippen LogP contribution in [-0.4, -0.2) is 35.4 Å². The van der Waals surface area contributed by atoms with Crippen molar-refractivity contribution in [1.29, 1.82) is 0 Å². The largest absolute Gasteiger partial charge is 0.441 e. The van der Waals surface area contributed by atoms with Crippen LogP contribution in [-0.2, 0) is 11.2 Å². The molecule has 1 aliphatic rings. The van der Waals surface area contributed by atoms with Gasteiger partial charge < -0.3 is 15.1 Å². The number of aromatic nitrogens is 1. The van der Waals surface area contributed by atoms with Crippen molar-refractivity contribution < 1.29 is 9.21 Å². The zero-order chi connectivity index (χ0) is 16.9. The molecule has 0 bridgehead atoms. The van der Waals surface area contributed by atoms with Crippen LogP contribution in [0.5, 0.6) is 0 Å². The van der Waals surface area contributed by atoms with Gasteiger partial charge in [-0.05, 0) is 31.4 Å². The molecule has 0 unspecified atom stereocenters. The molecule has 3 rings (SSSR count). The maximum atomic E-state index is 12.3. The van der Waals surface area contributed by atoms with Crippen molar-refractivity contribution in [3.63, 3.8) is 0 Å². The van der Waals surface area contributed by atoms with Gasteiger partial charge >= 0.3 is 0 Å². The Labute approximate surface area is 150 Å². The van der Waals surface area contributed by atoms with Crippen LogP contribution in [0.25, 0.3) is 11.3 Å². The monoisotopic (exact) mass is 391 g/mol. The van der Waals surface area contributed by atoms with E-state index in [2.05, 4.69) is 20.9 Å². The Hall–Kier alpha value is -1.66. The van der Waals surface area contributed by atoms with Gasteiger partial charge in [0, 0.05) is 36.0 Å². The zero-order valence-electron chi connectivity index (χ0n) is 13.6. The standard InChI is InChI=1S/C18H22BrN3O2/c19-15-4-2-1-3-14(15)16-12-21-17(24-16)5-6-18(23)22-9-7-13(11-20)8-10-22/h1-4,12-13H,5-11,20H2. The zero-order valence-corrected chi connectivity index (χ0v) is 15.2. The predicted molar refractivity (Wildman–Crippen MR) is 96.3 cm³/mol. The molecular weight excluding hydrogens is 370 g/mol. The summed E-state index contributed by atoms with van der Waals surface area (Å²) in [5.41, 5.74) is 6.66. The summed E-state index contributed by atoms with van der Waals surface area (Å²) < 4.78 is 6.76. The molecule has 6 heteroatoms. The minimum atomic E-state index is 0.172. The Morgan fingerprint density at radius 1 is 1.33 bits per heavy atom. The average Bonchev–Trinajstić information content (AvgIpc) is 3.09. The number of carbonyl (C=O) groups is 1. The molecule has 2 heterocycles. The van der Waals surface area contributed by atoms with E-state index in [9.17, 15) is 4.79 Å².